The number of alkyl halides is 3. The lowest BCUT2D eigenvalue weighted by Gasteiger charge is -2.10. The predicted molar refractivity (Wildman–Crippen MR) is 102 cm³/mol. The Balaban J connectivity index is 1.83. The first-order valence-electron chi connectivity index (χ1n) is 8.39. The minimum atomic E-state index is -4.45. The smallest absolute Gasteiger partial charge is 0.368 e. The highest BCUT2D eigenvalue weighted by Crippen LogP contribution is 2.28. The maximum atomic E-state index is 12.5. The highest BCUT2D eigenvalue weighted by molar-refractivity contribution is 7.89. The molecule has 0 aliphatic carbocycles. The Labute approximate surface area is 166 Å². The fourth-order valence-electron chi connectivity index (χ4n) is 2.17. The molecule has 2 aromatic rings. The number of carbonyl (C=O) groups is 1. The molecule has 156 valence electrons. The molecule has 0 aliphatic heterocycles. The lowest BCUT2D eigenvalue weighted by Crippen LogP contribution is -2.29. The van der Waals surface area contributed by atoms with Crippen molar-refractivity contribution in [2.75, 3.05) is 25.0 Å². The summed E-state index contributed by atoms with van der Waals surface area (Å²) in [5.74, 6) is -0.177. The molecule has 0 unspecified atom stereocenters. The Morgan fingerprint density at radius 2 is 1.79 bits per heavy atom. The first kappa shape index (κ1) is 22.4. The number of benzene rings is 1. The van der Waals surface area contributed by atoms with E-state index in [2.05, 4.69) is 26.9 Å². The van der Waals surface area contributed by atoms with E-state index >= 15 is 0 Å². The van der Waals surface area contributed by atoms with Gasteiger partial charge in [0.25, 0.3) is 5.91 Å². The second kappa shape index (κ2) is 9.52. The molecule has 0 aliphatic rings. The summed E-state index contributed by atoms with van der Waals surface area (Å²) in [5, 5.41) is 5.40. The molecule has 0 radical (unpaired) electrons. The molecule has 2 rings (SSSR count). The molecule has 3 N–H and O–H groups in total. The molecule has 1 aromatic carbocycles. The van der Waals surface area contributed by atoms with Gasteiger partial charge in [-0.25, -0.2) is 18.1 Å². The number of carbonyl (C=O) groups excluding carboxylic acids is 1. The zero-order valence-corrected chi connectivity index (χ0v) is 16.0. The molecule has 0 fully saturated rings. The zero-order valence-electron chi connectivity index (χ0n) is 15.2. The van der Waals surface area contributed by atoms with Crippen molar-refractivity contribution in [3.63, 3.8) is 0 Å². The summed E-state index contributed by atoms with van der Waals surface area (Å²) in [4.78, 5) is 15.8. The molecule has 0 bridgehead atoms. The third-order valence-corrected chi connectivity index (χ3v) is 5.09. The van der Waals surface area contributed by atoms with Gasteiger partial charge in [0.15, 0.2) is 0 Å². The second-order valence-corrected chi connectivity index (χ2v) is 7.54. The van der Waals surface area contributed by atoms with Crippen molar-refractivity contribution in [2.45, 2.75) is 11.1 Å². The molecule has 11 heteroatoms. The Morgan fingerprint density at radius 3 is 2.34 bits per heavy atom. The van der Waals surface area contributed by atoms with Gasteiger partial charge in [-0.05, 0) is 36.4 Å². The summed E-state index contributed by atoms with van der Waals surface area (Å²) >= 11 is 0. The van der Waals surface area contributed by atoms with E-state index in [1.54, 1.807) is 0 Å². The summed E-state index contributed by atoms with van der Waals surface area (Å²) < 4.78 is 63.7. The van der Waals surface area contributed by atoms with E-state index in [1.165, 1.54) is 36.4 Å². The van der Waals surface area contributed by atoms with Crippen LogP contribution in [-0.2, 0) is 16.2 Å². The van der Waals surface area contributed by atoms with Crippen LogP contribution in [-0.4, -0.2) is 38.9 Å². The summed E-state index contributed by atoms with van der Waals surface area (Å²) in [6.45, 7) is 3.94. The van der Waals surface area contributed by atoms with Crippen LogP contribution in [0.15, 0.2) is 60.1 Å². The first-order valence-corrected chi connectivity index (χ1v) is 9.88. The van der Waals surface area contributed by atoms with Crippen molar-refractivity contribution < 1.29 is 26.4 Å². The molecule has 0 saturated heterocycles. The minimum Gasteiger partial charge on any atom is -0.368 e. The molecule has 1 amide bonds. The van der Waals surface area contributed by atoms with E-state index in [9.17, 15) is 26.4 Å². The molecule has 7 nitrogen and oxygen atoms in total. The third kappa shape index (κ3) is 6.57. The highest BCUT2D eigenvalue weighted by Gasteiger charge is 2.30. The number of nitrogens with one attached hydrogen (secondary N) is 3. The first-order chi connectivity index (χ1) is 13.6. The van der Waals surface area contributed by atoms with Crippen LogP contribution >= 0.6 is 0 Å². The Hall–Kier alpha value is -2.92. The predicted octanol–water partition coefficient (Wildman–Crippen LogP) is 2.41. The maximum Gasteiger partial charge on any atom is 0.417 e. The van der Waals surface area contributed by atoms with Gasteiger partial charge in [0, 0.05) is 31.4 Å². The average molecular weight is 428 g/mol. The normalized spacial score (nSPS) is 11.7. The number of nitrogens with zero attached hydrogens (tertiary/aromatic N) is 1. The quantitative estimate of drug-likeness (QED) is 0.421. The van der Waals surface area contributed by atoms with E-state index in [0.29, 0.717) is 0 Å². The van der Waals surface area contributed by atoms with Gasteiger partial charge in [-0.3, -0.25) is 4.79 Å². The molecule has 0 atom stereocenters. The minimum absolute atomic E-state index is 0.0194. The number of pyridine rings is 1. The summed E-state index contributed by atoms with van der Waals surface area (Å²) in [5.41, 5.74) is -0.582. The second-order valence-electron chi connectivity index (χ2n) is 5.78. The van der Waals surface area contributed by atoms with Crippen molar-refractivity contribution in [2.24, 2.45) is 0 Å². The van der Waals surface area contributed by atoms with Crippen molar-refractivity contribution in [3.8, 4) is 0 Å². The SMILES string of the molecule is C=CCNS(=O)(=O)c1ccc(C(=O)NCCNc2ccc(C(F)(F)F)cn2)cc1. The van der Waals surface area contributed by atoms with Gasteiger partial charge < -0.3 is 10.6 Å². The highest BCUT2D eigenvalue weighted by atomic mass is 32.2. The van der Waals surface area contributed by atoms with Crippen LogP contribution in [0.2, 0.25) is 0 Å². The summed E-state index contributed by atoms with van der Waals surface area (Å²) in [6.07, 6.45) is -2.32. The largest absolute Gasteiger partial charge is 0.417 e. The third-order valence-electron chi connectivity index (χ3n) is 3.65. The molecule has 29 heavy (non-hydrogen) atoms. The Kier molecular flexibility index (Phi) is 7.35. The number of rotatable bonds is 9. The number of sulfonamides is 1. The van der Waals surface area contributed by atoms with Crippen molar-refractivity contribution in [3.05, 3.63) is 66.4 Å². The maximum absolute atomic E-state index is 12.5. The van der Waals surface area contributed by atoms with E-state index in [-0.39, 0.29) is 35.9 Å². The zero-order chi connectivity index (χ0) is 21.5. The Bertz CT molecular complexity index is 944. The van der Waals surface area contributed by atoms with Gasteiger partial charge >= 0.3 is 6.18 Å². The topological polar surface area (TPSA) is 100 Å². The molecule has 0 saturated carbocycles. The summed E-state index contributed by atoms with van der Waals surface area (Å²) in [7, 11) is -3.67. The van der Waals surface area contributed by atoms with Gasteiger partial charge in [-0.15, -0.1) is 6.58 Å². The van der Waals surface area contributed by atoms with Crippen LogP contribution in [0.3, 0.4) is 0 Å². The van der Waals surface area contributed by atoms with Gasteiger partial charge in [-0.2, -0.15) is 13.2 Å². The van der Waals surface area contributed by atoms with Crippen LogP contribution in [0, 0.1) is 0 Å². The molecular weight excluding hydrogens is 409 g/mol. The van der Waals surface area contributed by atoms with Crippen LogP contribution in [0.4, 0.5) is 19.0 Å². The van der Waals surface area contributed by atoms with Crippen molar-refractivity contribution >= 4 is 21.7 Å². The standard InChI is InChI=1S/C18H19F3N4O3S/c1-2-9-25-29(27,28)15-6-3-13(4-7-15)17(26)23-11-10-22-16-8-5-14(12-24-16)18(19,20)21/h2-8,12,25H,1,9-11H2,(H,22,24)(H,23,26). The monoisotopic (exact) mass is 428 g/mol. The number of hydrogen-bond acceptors (Lipinski definition) is 5. The fraction of sp³-hybridized carbons (Fsp3) is 0.222. The van der Waals surface area contributed by atoms with Crippen molar-refractivity contribution in [1.29, 1.82) is 0 Å². The van der Waals surface area contributed by atoms with E-state index in [0.717, 1.165) is 12.3 Å². The van der Waals surface area contributed by atoms with Gasteiger partial charge in [0.05, 0.1) is 10.5 Å². The fourth-order valence-corrected chi connectivity index (χ4v) is 3.17. The van der Waals surface area contributed by atoms with E-state index < -0.39 is 27.7 Å². The van der Waals surface area contributed by atoms with Crippen LogP contribution < -0.4 is 15.4 Å². The lowest BCUT2D eigenvalue weighted by molar-refractivity contribution is -0.137. The average Bonchev–Trinajstić information content (AvgIpc) is 2.69. The molecular formula is C18H19F3N4O3S. The molecule has 1 aromatic heterocycles. The van der Waals surface area contributed by atoms with Crippen LogP contribution in [0.1, 0.15) is 15.9 Å². The van der Waals surface area contributed by atoms with E-state index in [4.69, 9.17) is 0 Å². The van der Waals surface area contributed by atoms with Crippen LogP contribution in [0.5, 0.6) is 0 Å². The summed E-state index contributed by atoms with van der Waals surface area (Å²) in [6, 6.07) is 7.48. The number of aromatic nitrogens is 1. The van der Waals surface area contributed by atoms with Gasteiger partial charge in [0.2, 0.25) is 10.0 Å². The number of hydrogen-bond donors (Lipinski definition) is 3. The molecule has 1 heterocycles. The Morgan fingerprint density at radius 1 is 1.10 bits per heavy atom. The number of amides is 1. The van der Waals surface area contributed by atoms with Crippen LogP contribution in [0.25, 0.3) is 0 Å². The van der Waals surface area contributed by atoms with Gasteiger partial charge in [-0.1, -0.05) is 6.08 Å². The van der Waals surface area contributed by atoms with Crippen molar-refractivity contribution in [1.82, 2.24) is 15.0 Å². The molecule has 0 spiro atoms. The van der Waals surface area contributed by atoms with E-state index in [1.807, 2.05) is 0 Å². The number of anilines is 1. The van der Waals surface area contributed by atoms with Gasteiger partial charge in [0.1, 0.15) is 5.82 Å². The lowest BCUT2D eigenvalue weighted by atomic mass is 10.2. The number of halogens is 3.